The summed E-state index contributed by atoms with van der Waals surface area (Å²) in [7, 11) is 0. The Labute approximate surface area is 86.8 Å². The molecule has 2 nitrogen and oxygen atoms in total. The molecule has 0 radical (unpaired) electrons. The van der Waals surface area contributed by atoms with Crippen molar-refractivity contribution in [2.75, 3.05) is 13.2 Å². The SMILES string of the molecule is CC(N)CCCCOCC(F)(F)C(F)F. The fourth-order valence-corrected chi connectivity index (χ4v) is 0.942. The van der Waals surface area contributed by atoms with Crippen LogP contribution in [0, 0.1) is 0 Å². The minimum absolute atomic E-state index is 0.0625. The highest BCUT2D eigenvalue weighted by atomic mass is 19.3. The molecule has 0 heterocycles. The van der Waals surface area contributed by atoms with E-state index in [2.05, 4.69) is 4.74 Å². The number of hydrogen-bond donors (Lipinski definition) is 1. The molecule has 0 aromatic rings. The summed E-state index contributed by atoms with van der Waals surface area (Å²) < 4.78 is 52.3. The molecule has 0 aromatic carbocycles. The molecule has 0 aromatic heterocycles. The van der Waals surface area contributed by atoms with E-state index in [-0.39, 0.29) is 12.6 Å². The van der Waals surface area contributed by atoms with Gasteiger partial charge in [-0.2, -0.15) is 8.78 Å². The summed E-state index contributed by atoms with van der Waals surface area (Å²) in [4.78, 5) is 0. The molecular formula is C9H17F4NO. The molecule has 0 aliphatic carbocycles. The van der Waals surface area contributed by atoms with Gasteiger partial charge in [-0.05, 0) is 26.2 Å². The first-order chi connectivity index (χ1) is 6.86. The number of hydrogen-bond acceptors (Lipinski definition) is 2. The van der Waals surface area contributed by atoms with Crippen LogP contribution in [0.5, 0.6) is 0 Å². The summed E-state index contributed by atoms with van der Waals surface area (Å²) in [6, 6.07) is 0.0625. The van der Waals surface area contributed by atoms with Gasteiger partial charge < -0.3 is 10.5 Å². The molecular weight excluding hydrogens is 214 g/mol. The molecule has 1 unspecified atom stereocenters. The normalized spacial score (nSPS) is 14.6. The van der Waals surface area contributed by atoms with Gasteiger partial charge in [-0.3, -0.25) is 0 Å². The van der Waals surface area contributed by atoms with E-state index in [0.717, 1.165) is 12.8 Å². The lowest BCUT2D eigenvalue weighted by Gasteiger charge is -2.15. The van der Waals surface area contributed by atoms with Gasteiger partial charge in [0.1, 0.15) is 6.61 Å². The molecule has 0 bridgehead atoms. The van der Waals surface area contributed by atoms with E-state index >= 15 is 0 Å². The van der Waals surface area contributed by atoms with Crippen LogP contribution in [0.4, 0.5) is 17.6 Å². The molecule has 92 valence electrons. The second-order valence-corrected chi connectivity index (χ2v) is 3.59. The van der Waals surface area contributed by atoms with E-state index < -0.39 is 19.0 Å². The number of nitrogens with two attached hydrogens (primary N) is 1. The topological polar surface area (TPSA) is 35.2 Å². The smallest absolute Gasteiger partial charge is 0.330 e. The van der Waals surface area contributed by atoms with Gasteiger partial charge in [0, 0.05) is 12.6 Å². The Balaban J connectivity index is 3.39. The Morgan fingerprint density at radius 3 is 2.33 bits per heavy atom. The predicted octanol–water partition coefficient (Wildman–Crippen LogP) is 2.42. The Hall–Kier alpha value is -0.360. The molecule has 15 heavy (non-hydrogen) atoms. The molecule has 0 aliphatic rings. The quantitative estimate of drug-likeness (QED) is 0.514. The van der Waals surface area contributed by atoms with Crippen molar-refractivity contribution in [1.29, 1.82) is 0 Å². The van der Waals surface area contributed by atoms with Gasteiger partial charge in [0.05, 0.1) is 0 Å². The molecule has 2 N–H and O–H groups in total. The van der Waals surface area contributed by atoms with E-state index in [1.165, 1.54) is 0 Å². The lowest BCUT2D eigenvalue weighted by molar-refractivity contribution is -0.165. The molecule has 0 fully saturated rings. The van der Waals surface area contributed by atoms with Gasteiger partial charge in [0.15, 0.2) is 0 Å². The van der Waals surface area contributed by atoms with E-state index in [1.807, 2.05) is 6.92 Å². The standard InChI is InChI=1S/C9H17F4NO/c1-7(14)4-2-3-5-15-6-9(12,13)8(10)11/h7-8H,2-6,14H2,1H3. The van der Waals surface area contributed by atoms with Gasteiger partial charge in [0.25, 0.3) is 0 Å². The molecule has 1 atom stereocenters. The molecule has 0 spiro atoms. The van der Waals surface area contributed by atoms with E-state index in [9.17, 15) is 17.6 Å². The van der Waals surface area contributed by atoms with Gasteiger partial charge in [-0.15, -0.1) is 0 Å². The number of unbranched alkanes of at least 4 members (excludes halogenated alkanes) is 1. The van der Waals surface area contributed by atoms with E-state index in [4.69, 9.17) is 5.73 Å². The zero-order valence-electron chi connectivity index (χ0n) is 8.69. The van der Waals surface area contributed by atoms with Crippen LogP contribution in [0.25, 0.3) is 0 Å². The first-order valence-electron chi connectivity index (χ1n) is 4.85. The molecule has 0 rings (SSSR count). The fraction of sp³-hybridized carbons (Fsp3) is 1.00. The maximum Gasteiger partial charge on any atom is 0.330 e. The first-order valence-corrected chi connectivity index (χ1v) is 4.85. The van der Waals surface area contributed by atoms with Crippen molar-refractivity contribution in [3.05, 3.63) is 0 Å². The molecule has 6 heteroatoms. The van der Waals surface area contributed by atoms with Crippen LogP contribution in [-0.2, 0) is 4.74 Å². The fourth-order valence-electron chi connectivity index (χ4n) is 0.942. The Morgan fingerprint density at radius 1 is 1.27 bits per heavy atom. The number of ether oxygens (including phenoxy) is 1. The zero-order chi connectivity index (χ0) is 11.9. The molecule has 0 amide bonds. The van der Waals surface area contributed by atoms with Crippen molar-refractivity contribution in [2.45, 2.75) is 44.6 Å². The molecule has 0 aliphatic heterocycles. The third-order valence-electron chi connectivity index (χ3n) is 1.81. The van der Waals surface area contributed by atoms with E-state index in [1.54, 1.807) is 0 Å². The highest BCUT2D eigenvalue weighted by Gasteiger charge is 2.40. The maximum absolute atomic E-state index is 12.3. The lowest BCUT2D eigenvalue weighted by atomic mass is 10.1. The average molecular weight is 231 g/mol. The largest absolute Gasteiger partial charge is 0.375 e. The third-order valence-corrected chi connectivity index (χ3v) is 1.81. The zero-order valence-corrected chi connectivity index (χ0v) is 8.69. The number of alkyl halides is 4. The van der Waals surface area contributed by atoms with Crippen molar-refractivity contribution >= 4 is 0 Å². The maximum atomic E-state index is 12.3. The van der Waals surface area contributed by atoms with Crippen LogP contribution in [-0.4, -0.2) is 31.6 Å². The summed E-state index contributed by atoms with van der Waals surface area (Å²) in [6.45, 7) is 0.684. The van der Waals surface area contributed by atoms with Crippen molar-refractivity contribution in [3.63, 3.8) is 0 Å². The van der Waals surface area contributed by atoms with Gasteiger partial charge in [0.2, 0.25) is 0 Å². The second kappa shape index (κ2) is 7.00. The van der Waals surface area contributed by atoms with Crippen LogP contribution in [0.15, 0.2) is 0 Å². The third kappa shape index (κ3) is 7.56. The molecule has 0 saturated carbocycles. The highest BCUT2D eigenvalue weighted by Crippen LogP contribution is 2.22. The lowest BCUT2D eigenvalue weighted by Crippen LogP contribution is -2.32. The number of rotatable bonds is 8. The van der Waals surface area contributed by atoms with Crippen molar-refractivity contribution in [1.82, 2.24) is 0 Å². The summed E-state index contributed by atoms with van der Waals surface area (Å²) in [6.07, 6.45) is -1.59. The minimum atomic E-state index is -4.04. The Bertz CT molecular complexity index is 164. The van der Waals surface area contributed by atoms with Crippen LogP contribution >= 0.6 is 0 Å². The van der Waals surface area contributed by atoms with Crippen LogP contribution in [0.2, 0.25) is 0 Å². The Morgan fingerprint density at radius 2 is 1.87 bits per heavy atom. The minimum Gasteiger partial charge on any atom is -0.375 e. The predicted molar refractivity (Wildman–Crippen MR) is 49.3 cm³/mol. The van der Waals surface area contributed by atoms with Gasteiger partial charge >= 0.3 is 12.3 Å². The summed E-state index contributed by atoms with van der Waals surface area (Å²) in [5, 5.41) is 0. The van der Waals surface area contributed by atoms with Crippen molar-refractivity contribution in [3.8, 4) is 0 Å². The van der Waals surface area contributed by atoms with Gasteiger partial charge in [-0.25, -0.2) is 8.78 Å². The summed E-state index contributed by atoms with van der Waals surface area (Å²) >= 11 is 0. The molecule has 0 saturated heterocycles. The van der Waals surface area contributed by atoms with Gasteiger partial charge in [-0.1, -0.05) is 0 Å². The van der Waals surface area contributed by atoms with Crippen LogP contribution in [0.1, 0.15) is 26.2 Å². The Kier molecular flexibility index (Phi) is 6.84. The first kappa shape index (κ1) is 14.6. The summed E-state index contributed by atoms with van der Waals surface area (Å²) in [5.74, 6) is -4.04. The second-order valence-electron chi connectivity index (χ2n) is 3.59. The average Bonchev–Trinajstić information content (AvgIpc) is 2.10. The monoisotopic (exact) mass is 231 g/mol. The highest BCUT2D eigenvalue weighted by molar-refractivity contribution is 4.67. The van der Waals surface area contributed by atoms with Crippen LogP contribution < -0.4 is 5.73 Å². The summed E-state index contributed by atoms with van der Waals surface area (Å²) in [5.41, 5.74) is 5.46. The van der Waals surface area contributed by atoms with Crippen molar-refractivity contribution < 1.29 is 22.3 Å². The van der Waals surface area contributed by atoms with Crippen molar-refractivity contribution in [2.24, 2.45) is 5.73 Å². The number of halogens is 4. The van der Waals surface area contributed by atoms with E-state index in [0.29, 0.717) is 6.42 Å². The van der Waals surface area contributed by atoms with Crippen LogP contribution in [0.3, 0.4) is 0 Å².